The molecule has 7 nitrogen and oxygen atoms in total. The van der Waals surface area contributed by atoms with Gasteiger partial charge in [0, 0.05) is 20.1 Å². The molecule has 0 saturated carbocycles. The van der Waals surface area contributed by atoms with Crippen LogP contribution in [0.1, 0.15) is 19.3 Å². The standard InChI is InChI=1S/C11H17N3O4/c1-18-6-4-8(12-5-6)11(17)13-7-2-3-9(15)14-10(7)16/h6-8,12H,2-5H2,1H3,(H,13,17)(H,14,15,16). The van der Waals surface area contributed by atoms with Gasteiger partial charge in [0.05, 0.1) is 12.1 Å². The third-order valence-corrected chi connectivity index (χ3v) is 3.30. The highest BCUT2D eigenvalue weighted by Gasteiger charge is 2.33. The van der Waals surface area contributed by atoms with E-state index in [0.29, 0.717) is 19.4 Å². The van der Waals surface area contributed by atoms with E-state index in [1.165, 1.54) is 0 Å². The minimum atomic E-state index is -0.612. The van der Waals surface area contributed by atoms with Crippen molar-refractivity contribution in [2.75, 3.05) is 13.7 Å². The maximum atomic E-state index is 11.9. The Morgan fingerprint density at radius 3 is 2.83 bits per heavy atom. The topological polar surface area (TPSA) is 96.5 Å². The lowest BCUT2D eigenvalue weighted by Gasteiger charge is -2.23. The molecule has 0 bridgehead atoms. The Kier molecular flexibility index (Phi) is 3.93. The minimum absolute atomic E-state index is 0.0301. The van der Waals surface area contributed by atoms with E-state index in [1.54, 1.807) is 7.11 Å². The highest BCUT2D eigenvalue weighted by atomic mass is 16.5. The average Bonchev–Trinajstić information content (AvgIpc) is 2.81. The lowest BCUT2D eigenvalue weighted by molar-refractivity contribution is -0.137. The summed E-state index contributed by atoms with van der Waals surface area (Å²) in [5.41, 5.74) is 0. The number of piperidine rings is 1. The van der Waals surface area contributed by atoms with Crippen molar-refractivity contribution in [1.29, 1.82) is 0 Å². The molecular formula is C11H17N3O4. The fourth-order valence-electron chi connectivity index (χ4n) is 2.19. The molecule has 0 aliphatic carbocycles. The molecule has 0 radical (unpaired) electrons. The first-order valence-corrected chi connectivity index (χ1v) is 6.00. The lowest BCUT2D eigenvalue weighted by Crippen LogP contribution is -2.55. The first-order valence-electron chi connectivity index (χ1n) is 6.00. The molecule has 7 heteroatoms. The summed E-state index contributed by atoms with van der Waals surface area (Å²) in [6.07, 6.45) is 1.24. The van der Waals surface area contributed by atoms with Gasteiger partial charge < -0.3 is 15.4 Å². The Balaban J connectivity index is 1.84. The molecule has 2 saturated heterocycles. The van der Waals surface area contributed by atoms with Crippen LogP contribution in [0.4, 0.5) is 0 Å². The second kappa shape index (κ2) is 5.45. The molecule has 3 amide bonds. The molecule has 2 aliphatic rings. The molecular weight excluding hydrogens is 238 g/mol. The number of carbonyl (C=O) groups is 3. The average molecular weight is 255 g/mol. The van der Waals surface area contributed by atoms with Crippen molar-refractivity contribution in [3.8, 4) is 0 Å². The quantitative estimate of drug-likeness (QED) is 0.522. The van der Waals surface area contributed by atoms with E-state index >= 15 is 0 Å². The predicted octanol–water partition coefficient (Wildman–Crippen LogP) is -1.72. The summed E-state index contributed by atoms with van der Waals surface area (Å²) >= 11 is 0. The number of rotatable bonds is 3. The van der Waals surface area contributed by atoms with Crippen LogP contribution in [0.2, 0.25) is 0 Å². The van der Waals surface area contributed by atoms with Crippen LogP contribution < -0.4 is 16.0 Å². The van der Waals surface area contributed by atoms with E-state index in [1.807, 2.05) is 0 Å². The van der Waals surface area contributed by atoms with Gasteiger partial charge in [-0.1, -0.05) is 0 Å². The highest BCUT2D eigenvalue weighted by Crippen LogP contribution is 2.11. The number of hydrogen-bond donors (Lipinski definition) is 3. The molecule has 2 rings (SSSR count). The normalized spacial score (nSPS) is 32.2. The summed E-state index contributed by atoms with van der Waals surface area (Å²) in [5.74, 6) is -0.936. The predicted molar refractivity (Wildman–Crippen MR) is 61.5 cm³/mol. The fraction of sp³-hybridized carbons (Fsp3) is 0.727. The Bertz CT molecular complexity index is 371. The maximum absolute atomic E-state index is 11.9. The Hall–Kier alpha value is -1.47. The number of nitrogens with one attached hydrogen (secondary N) is 3. The Morgan fingerprint density at radius 1 is 1.44 bits per heavy atom. The van der Waals surface area contributed by atoms with E-state index in [-0.39, 0.29) is 30.4 Å². The third kappa shape index (κ3) is 2.85. The van der Waals surface area contributed by atoms with Crippen LogP contribution in [0, 0.1) is 0 Å². The van der Waals surface area contributed by atoms with Crippen molar-refractivity contribution in [2.24, 2.45) is 0 Å². The number of imide groups is 1. The summed E-state index contributed by atoms with van der Waals surface area (Å²) in [4.78, 5) is 34.4. The number of carbonyl (C=O) groups excluding carboxylic acids is 3. The first-order chi connectivity index (χ1) is 8.60. The van der Waals surface area contributed by atoms with Crippen molar-refractivity contribution < 1.29 is 19.1 Å². The van der Waals surface area contributed by atoms with Crippen LogP contribution >= 0.6 is 0 Å². The molecule has 18 heavy (non-hydrogen) atoms. The molecule has 100 valence electrons. The zero-order valence-electron chi connectivity index (χ0n) is 10.2. The van der Waals surface area contributed by atoms with Gasteiger partial charge in [-0.2, -0.15) is 0 Å². The van der Waals surface area contributed by atoms with Crippen LogP contribution in [0.15, 0.2) is 0 Å². The number of hydrogen-bond acceptors (Lipinski definition) is 5. The zero-order chi connectivity index (χ0) is 13.1. The summed E-state index contributed by atoms with van der Waals surface area (Å²) in [6.45, 7) is 0.629. The molecule has 2 fully saturated rings. The van der Waals surface area contributed by atoms with Gasteiger partial charge in [0.1, 0.15) is 6.04 Å². The molecule has 0 aromatic carbocycles. The van der Waals surface area contributed by atoms with E-state index < -0.39 is 11.9 Å². The second-order valence-electron chi connectivity index (χ2n) is 4.57. The molecule has 2 aliphatic heterocycles. The largest absolute Gasteiger partial charge is 0.380 e. The van der Waals surface area contributed by atoms with Crippen LogP contribution in [0.25, 0.3) is 0 Å². The molecule has 2 heterocycles. The van der Waals surface area contributed by atoms with Crippen molar-refractivity contribution >= 4 is 17.7 Å². The SMILES string of the molecule is COC1CNC(C(=O)NC2CCC(=O)NC2=O)C1. The van der Waals surface area contributed by atoms with Crippen molar-refractivity contribution in [2.45, 2.75) is 37.5 Å². The van der Waals surface area contributed by atoms with Gasteiger partial charge >= 0.3 is 0 Å². The first kappa shape index (κ1) is 13.0. The van der Waals surface area contributed by atoms with Gasteiger partial charge in [-0.05, 0) is 12.8 Å². The van der Waals surface area contributed by atoms with Gasteiger partial charge in [0.2, 0.25) is 17.7 Å². The van der Waals surface area contributed by atoms with E-state index in [2.05, 4.69) is 16.0 Å². The monoisotopic (exact) mass is 255 g/mol. The molecule has 0 spiro atoms. The lowest BCUT2D eigenvalue weighted by atomic mass is 10.1. The van der Waals surface area contributed by atoms with Gasteiger partial charge in [0.25, 0.3) is 0 Å². The number of amides is 3. The Labute approximate surface area is 105 Å². The van der Waals surface area contributed by atoms with Crippen LogP contribution in [-0.2, 0) is 19.1 Å². The smallest absolute Gasteiger partial charge is 0.249 e. The molecule has 0 aromatic rings. The van der Waals surface area contributed by atoms with E-state index in [9.17, 15) is 14.4 Å². The minimum Gasteiger partial charge on any atom is -0.380 e. The number of methoxy groups -OCH3 is 1. The van der Waals surface area contributed by atoms with Crippen LogP contribution in [0.5, 0.6) is 0 Å². The second-order valence-corrected chi connectivity index (χ2v) is 4.57. The summed E-state index contributed by atoms with van der Waals surface area (Å²) in [7, 11) is 1.60. The van der Waals surface area contributed by atoms with Gasteiger partial charge in [0.15, 0.2) is 0 Å². The fourth-order valence-corrected chi connectivity index (χ4v) is 2.19. The van der Waals surface area contributed by atoms with Crippen LogP contribution in [-0.4, -0.2) is 49.6 Å². The third-order valence-electron chi connectivity index (χ3n) is 3.30. The van der Waals surface area contributed by atoms with Gasteiger partial charge in [-0.25, -0.2) is 0 Å². The molecule has 3 unspecified atom stereocenters. The van der Waals surface area contributed by atoms with E-state index in [0.717, 1.165) is 0 Å². The zero-order valence-corrected chi connectivity index (χ0v) is 10.2. The van der Waals surface area contributed by atoms with Gasteiger partial charge in [-0.15, -0.1) is 0 Å². The molecule has 3 N–H and O–H groups in total. The Morgan fingerprint density at radius 2 is 2.22 bits per heavy atom. The number of ether oxygens (including phenoxy) is 1. The van der Waals surface area contributed by atoms with Crippen molar-refractivity contribution in [3.63, 3.8) is 0 Å². The summed E-state index contributed by atoms with van der Waals surface area (Å²) in [5, 5.41) is 7.90. The molecule has 3 atom stereocenters. The van der Waals surface area contributed by atoms with E-state index in [4.69, 9.17) is 4.74 Å². The van der Waals surface area contributed by atoms with Crippen molar-refractivity contribution in [1.82, 2.24) is 16.0 Å². The van der Waals surface area contributed by atoms with Crippen LogP contribution in [0.3, 0.4) is 0 Å². The van der Waals surface area contributed by atoms with Crippen molar-refractivity contribution in [3.05, 3.63) is 0 Å². The maximum Gasteiger partial charge on any atom is 0.249 e. The highest BCUT2D eigenvalue weighted by molar-refractivity contribution is 6.02. The molecule has 0 aromatic heterocycles. The van der Waals surface area contributed by atoms with Gasteiger partial charge in [-0.3, -0.25) is 19.7 Å². The summed E-state index contributed by atoms with van der Waals surface area (Å²) < 4.78 is 5.15. The summed E-state index contributed by atoms with van der Waals surface area (Å²) in [6, 6.07) is -0.945.